The number of aliphatic carboxylic acids is 1. The molecule has 3 amide bonds. The van der Waals surface area contributed by atoms with Crippen LogP contribution in [0.1, 0.15) is 13.8 Å². The number of amides is 3. The number of nitrogens with two attached hydrogens (primary N) is 1. The molecular formula is C13H24N4O6S. The normalized spacial score (nSPS) is 14.4. The fourth-order valence-corrected chi connectivity index (χ4v) is 1.74. The first kappa shape index (κ1) is 22.1. The Balaban J connectivity index is 4.50. The number of rotatable bonds is 10. The molecule has 138 valence electrons. The standard InChI is InChI=1S/C13H24N4O6S/c1-6(2)10(14)12(21)15-3-9(19)16-8(5-24)11(20)17-7(4-18)13(22)23/h6-8,10,18,24H,3-5,14H2,1-2H3,(H,15,21)(H,16,19)(H,17,20)(H,22,23). The average Bonchev–Trinajstić information content (AvgIpc) is 2.53. The molecule has 0 rings (SSSR count). The summed E-state index contributed by atoms with van der Waals surface area (Å²) in [4.78, 5) is 46.0. The fourth-order valence-electron chi connectivity index (χ4n) is 1.49. The van der Waals surface area contributed by atoms with Gasteiger partial charge in [-0.25, -0.2) is 4.79 Å². The topological polar surface area (TPSA) is 171 Å². The summed E-state index contributed by atoms with van der Waals surface area (Å²) in [5, 5.41) is 24.3. The van der Waals surface area contributed by atoms with E-state index >= 15 is 0 Å². The molecular weight excluding hydrogens is 340 g/mol. The molecule has 0 aliphatic heterocycles. The zero-order valence-corrected chi connectivity index (χ0v) is 14.4. The zero-order chi connectivity index (χ0) is 18.9. The van der Waals surface area contributed by atoms with E-state index in [4.69, 9.17) is 15.9 Å². The van der Waals surface area contributed by atoms with E-state index in [1.807, 2.05) is 0 Å². The number of carboxylic acid groups (broad SMARTS) is 1. The predicted octanol–water partition coefficient (Wildman–Crippen LogP) is -2.94. The maximum absolute atomic E-state index is 11.9. The van der Waals surface area contributed by atoms with Crippen LogP contribution in [0.2, 0.25) is 0 Å². The number of aliphatic hydroxyl groups excluding tert-OH is 1. The molecule has 3 unspecified atom stereocenters. The summed E-state index contributed by atoms with van der Waals surface area (Å²) in [6.45, 7) is 2.33. The van der Waals surface area contributed by atoms with Gasteiger partial charge in [0.2, 0.25) is 17.7 Å². The summed E-state index contributed by atoms with van der Waals surface area (Å²) >= 11 is 3.91. The van der Waals surface area contributed by atoms with E-state index in [-0.39, 0.29) is 18.2 Å². The summed E-state index contributed by atoms with van der Waals surface area (Å²) in [6.07, 6.45) is 0. The van der Waals surface area contributed by atoms with Crippen LogP contribution >= 0.6 is 12.6 Å². The van der Waals surface area contributed by atoms with Crippen molar-refractivity contribution in [2.24, 2.45) is 11.7 Å². The van der Waals surface area contributed by atoms with Crippen molar-refractivity contribution in [3.05, 3.63) is 0 Å². The molecule has 0 aromatic heterocycles. The highest BCUT2D eigenvalue weighted by atomic mass is 32.1. The molecule has 7 N–H and O–H groups in total. The Labute approximate surface area is 144 Å². The van der Waals surface area contributed by atoms with E-state index in [0.29, 0.717) is 0 Å². The van der Waals surface area contributed by atoms with E-state index in [1.165, 1.54) is 0 Å². The van der Waals surface area contributed by atoms with E-state index in [9.17, 15) is 19.2 Å². The van der Waals surface area contributed by atoms with Gasteiger partial charge < -0.3 is 31.9 Å². The lowest BCUT2D eigenvalue weighted by Gasteiger charge is -2.20. The number of nitrogens with one attached hydrogen (secondary N) is 3. The van der Waals surface area contributed by atoms with Gasteiger partial charge in [0, 0.05) is 5.75 Å². The van der Waals surface area contributed by atoms with Gasteiger partial charge in [0.15, 0.2) is 0 Å². The third kappa shape index (κ3) is 7.62. The van der Waals surface area contributed by atoms with Crippen LogP contribution < -0.4 is 21.7 Å². The van der Waals surface area contributed by atoms with Crippen molar-refractivity contribution in [3.8, 4) is 0 Å². The van der Waals surface area contributed by atoms with Crippen LogP contribution in [0.4, 0.5) is 0 Å². The molecule has 0 aliphatic carbocycles. The van der Waals surface area contributed by atoms with Gasteiger partial charge in [-0.3, -0.25) is 14.4 Å². The summed E-state index contributed by atoms with van der Waals surface area (Å²) in [6, 6.07) is -3.37. The molecule has 11 heteroatoms. The Hall–Kier alpha value is -1.85. The number of carboxylic acids is 1. The SMILES string of the molecule is CC(C)C(N)C(=O)NCC(=O)NC(CS)C(=O)NC(CO)C(=O)O. The van der Waals surface area contributed by atoms with Gasteiger partial charge in [-0.05, 0) is 5.92 Å². The molecule has 0 saturated carbocycles. The maximum atomic E-state index is 11.9. The minimum Gasteiger partial charge on any atom is -0.480 e. The van der Waals surface area contributed by atoms with Crippen LogP contribution in [-0.4, -0.2) is 70.9 Å². The van der Waals surface area contributed by atoms with Gasteiger partial charge in [-0.1, -0.05) is 13.8 Å². The minimum absolute atomic E-state index is 0.101. The monoisotopic (exact) mass is 364 g/mol. The van der Waals surface area contributed by atoms with Crippen molar-refractivity contribution in [1.82, 2.24) is 16.0 Å². The highest BCUT2D eigenvalue weighted by Crippen LogP contribution is 1.97. The van der Waals surface area contributed by atoms with Gasteiger partial charge in [0.05, 0.1) is 19.2 Å². The lowest BCUT2D eigenvalue weighted by molar-refractivity contribution is -0.143. The molecule has 0 aliphatic rings. The van der Waals surface area contributed by atoms with E-state index in [0.717, 1.165) is 0 Å². The van der Waals surface area contributed by atoms with Gasteiger partial charge >= 0.3 is 5.97 Å². The molecule has 10 nitrogen and oxygen atoms in total. The minimum atomic E-state index is -1.49. The molecule has 0 radical (unpaired) electrons. The van der Waals surface area contributed by atoms with Crippen LogP contribution in [0.3, 0.4) is 0 Å². The Morgan fingerprint density at radius 1 is 1.08 bits per heavy atom. The van der Waals surface area contributed by atoms with Gasteiger partial charge in [-0.15, -0.1) is 0 Å². The molecule has 0 aromatic carbocycles. The Morgan fingerprint density at radius 3 is 2.08 bits per heavy atom. The zero-order valence-electron chi connectivity index (χ0n) is 13.5. The molecule has 0 bridgehead atoms. The van der Waals surface area contributed by atoms with Gasteiger partial charge in [0.1, 0.15) is 12.1 Å². The molecule has 0 spiro atoms. The fraction of sp³-hybridized carbons (Fsp3) is 0.692. The maximum Gasteiger partial charge on any atom is 0.328 e. The Bertz CT molecular complexity index is 473. The average molecular weight is 364 g/mol. The van der Waals surface area contributed by atoms with Crippen molar-refractivity contribution in [1.29, 1.82) is 0 Å². The predicted molar refractivity (Wildman–Crippen MR) is 88.3 cm³/mol. The highest BCUT2D eigenvalue weighted by Gasteiger charge is 2.25. The largest absolute Gasteiger partial charge is 0.480 e. The molecule has 0 heterocycles. The number of hydrogen-bond donors (Lipinski definition) is 7. The van der Waals surface area contributed by atoms with Crippen molar-refractivity contribution >= 4 is 36.3 Å². The van der Waals surface area contributed by atoms with Crippen LogP contribution in [0.25, 0.3) is 0 Å². The second-order valence-electron chi connectivity index (χ2n) is 5.37. The lowest BCUT2D eigenvalue weighted by atomic mass is 10.1. The van der Waals surface area contributed by atoms with Crippen LogP contribution in [-0.2, 0) is 19.2 Å². The number of hydrogen-bond acceptors (Lipinski definition) is 7. The van der Waals surface area contributed by atoms with Crippen molar-refractivity contribution in [2.45, 2.75) is 32.0 Å². The van der Waals surface area contributed by atoms with Crippen LogP contribution in [0, 0.1) is 5.92 Å². The Morgan fingerprint density at radius 2 is 1.67 bits per heavy atom. The smallest absolute Gasteiger partial charge is 0.328 e. The summed E-state index contributed by atoms with van der Waals surface area (Å²) < 4.78 is 0. The number of aliphatic hydroxyl groups is 1. The summed E-state index contributed by atoms with van der Waals surface area (Å²) in [5.74, 6) is -3.59. The highest BCUT2D eigenvalue weighted by molar-refractivity contribution is 7.80. The summed E-state index contributed by atoms with van der Waals surface area (Å²) in [7, 11) is 0. The van der Waals surface area contributed by atoms with E-state index in [2.05, 4.69) is 28.6 Å². The molecule has 0 aromatic rings. The van der Waals surface area contributed by atoms with Gasteiger partial charge in [0.25, 0.3) is 0 Å². The van der Waals surface area contributed by atoms with Crippen molar-refractivity contribution < 1.29 is 29.4 Å². The van der Waals surface area contributed by atoms with E-state index in [1.54, 1.807) is 13.8 Å². The second kappa shape index (κ2) is 10.8. The van der Waals surface area contributed by atoms with Crippen molar-refractivity contribution in [2.75, 3.05) is 18.9 Å². The number of carbonyl (C=O) groups excluding carboxylic acids is 3. The van der Waals surface area contributed by atoms with Crippen LogP contribution in [0.5, 0.6) is 0 Å². The molecule has 24 heavy (non-hydrogen) atoms. The second-order valence-corrected chi connectivity index (χ2v) is 5.74. The van der Waals surface area contributed by atoms with E-state index < -0.39 is 48.4 Å². The van der Waals surface area contributed by atoms with Crippen LogP contribution in [0.15, 0.2) is 0 Å². The Kier molecular flexibility index (Phi) is 10.0. The number of thiol groups is 1. The third-order valence-electron chi connectivity index (χ3n) is 3.08. The molecule has 3 atom stereocenters. The van der Waals surface area contributed by atoms with Crippen molar-refractivity contribution in [3.63, 3.8) is 0 Å². The van der Waals surface area contributed by atoms with Gasteiger partial charge in [-0.2, -0.15) is 12.6 Å². The molecule has 0 fully saturated rings. The third-order valence-corrected chi connectivity index (χ3v) is 3.44. The quantitative estimate of drug-likeness (QED) is 0.203. The lowest BCUT2D eigenvalue weighted by Crippen LogP contribution is -2.55. The first-order valence-corrected chi connectivity index (χ1v) is 7.84. The molecule has 0 saturated heterocycles. The number of carbonyl (C=O) groups is 4. The summed E-state index contributed by atoms with van der Waals surface area (Å²) in [5.41, 5.74) is 5.62. The first-order chi connectivity index (χ1) is 11.1. The first-order valence-electron chi connectivity index (χ1n) is 7.21.